The van der Waals surface area contributed by atoms with Crippen molar-refractivity contribution in [2.45, 2.75) is 0 Å². The second kappa shape index (κ2) is 17.2. The van der Waals surface area contributed by atoms with Crippen LogP contribution in [0.1, 0.15) is 0 Å². The van der Waals surface area contributed by atoms with E-state index in [0.717, 1.165) is 0 Å². The van der Waals surface area contributed by atoms with Gasteiger partial charge in [0.15, 0.2) is 0 Å². The largest absolute Gasteiger partial charge is 2.00 e. The van der Waals surface area contributed by atoms with Crippen LogP contribution in [-0.2, 0) is 46.1 Å². The van der Waals surface area contributed by atoms with E-state index in [9.17, 15) is 0 Å². The normalized spacial score (nSPS) is 6.17. The molecule has 0 saturated heterocycles. The maximum atomic E-state index is 9.13. The summed E-state index contributed by atoms with van der Waals surface area (Å²) >= 11 is 0. The first-order valence-corrected chi connectivity index (χ1v) is 2.34. The Labute approximate surface area is 92.9 Å². The average Bonchev–Trinajstić information content (AvgIpc) is 1.89. The van der Waals surface area contributed by atoms with E-state index in [0.29, 0.717) is 0 Å². The number of carboxylic acids is 2. The predicted octanol–water partition coefficient (Wildman–Crippen LogP) is -4.62. The van der Waals surface area contributed by atoms with Crippen molar-refractivity contribution in [3.63, 3.8) is 0 Å². The van der Waals surface area contributed by atoms with Crippen molar-refractivity contribution >= 4 is 11.9 Å². The van der Waals surface area contributed by atoms with Gasteiger partial charge in [-0.25, -0.2) is 0 Å². The summed E-state index contributed by atoms with van der Waals surface area (Å²) in [4.78, 5) is 18.3. The molecule has 0 aromatic rings. The molecule has 0 aromatic carbocycles. The summed E-state index contributed by atoms with van der Waals surface area (Å²) in [6.07, 6.45) is 0. The minimum atomic E-state index is -1.22. The smallest absolute Gasteiger partial charge is 0.549 e. The van der Waals surface area contributed by atoms with E-state index in [1.165, 1.54) is 0 Å². The molecular formula is C4H8CuN2O4Zn+2. The maximum absolute atomic E-state index is 9.13. The van der Waals surface area contributed by atoms with Gasteiger partial charge in [0.1, 0.15) is 0 Å². The molecular weight excluding hydrogens is 269 g/mol. The molecule has 69 valence electrons. The van der Waals surface area contributed by atoms with Crippen LogP contribution in [0.4, 0.5) is 0 Å². The van der Waals surface area contributed by atoms with Gasteiger partial charge in [0.2, 0.25) is 0 Å². The molecule has 0 aliphatic carbocycles. The molecule has 0 spiro atoms. The van der Waals surface area contributed by atoms with Gasteiger partial charge in [-0.05, 0) is 0 Å². The summed E-state index contributed by atoms with van der Waals surface area (Å²) in [7, 11) is 0. The van der Waals surface area contributed by atoms with Gasteiger partial charge in [-0.3, -0.25) is 0 Å². The van der Waals surface area contributed by atoms with Crippen molar-refractivity contribution < 1.29 is 56.3 Å². The van der Waals surface area contributed by atoms with Gasteiger partial charge < -0.3 is 31.3 Å². The molecule has 0 atom stereocenters. The van der Waals surface area contributed by atoms with Gasteiger partial charge in [-0.15, -0.1) is 0 Å². The Balaban J connectivity index is -0.0000000457. The van der Waals surface area contributed by atoms with E-state index in [2.05, 4.69) is 11.5 Å². The minimum absolute atomic E-state index is 0. The molecule has 1 radical (unpaired) electrons. The van der Waals surface area contributed by atoms with Gasteiger partial charge in [-0.1, -0.05) is 0 Å². The molecule has 0 aliphatic heterocycles. The molecule has 0 fully saturated rings. The fourth-order valence-electron chi connectivity index (χ4n) is 0. The first kappa shape index (κ1) is 22.7. The van der Waals surface area contributed by atoms with Crippen LogP contribution >= 0.6 is 0 Å². The number of hydrogen-bond donors (Lipinski definition) is 2. The van der Waals surface area contributed by atoms with Crippen molar-refractivity contribution in [1.29, 1.82) is 0 Å². The second-order valence-corrected chi connectivity index (χ2v) is 1.15. The van der Waals surface area contributed by atoms with Gasteiger partial charge in [0, 0.05) is 13.1 Å². The second-order valence-electron chi connectivity index (χ2n) is 1.15. The average molecular weight is 277 g/mol. The fraction of sp³-hybridized carbons (Fsp3) is 0.500. The van der Waals surface area contributed by atoms with E-state index in [1.807, 2.05) is 0 Å². The Bertz CT molecular complexity index is 110. The molecule has 0 heterocycles. The van der Waals surface area contributed by atoms with Crippen LogP contribution < -0.4 is 21.7 Å². The van der Waals surface area contributed by atoms with Crippen molar-refractivity contribution in [3.05, 3.63) is 0 Å². The summed E-state index contributed by atoms with van der Waals surface area (Å²) in [5.41, 5.74) is 9.02. The molecule has 6 nitrogen and oxygen atoms in total. The third-order valence-corrected chi connectivity index (χ3v) is 0.333. The summed E-state index contributed by atoms with van der Waals surface area (Å²) in [5.74, 6) is -2.44. The standard InChI is InChI=1S/2C2H5NO2.Cu.Zn/c2*3-1-2(4)5;;/h2*1,3H2,(H,4,5);;/q;;2*+2/p-2. The predicted molar refractivity (Wildman–Crippen MR) is 28.1 cm³/mol. The van der Waals surface area contributed by atoms with Crippen LogP contribution in [0.2, 0.25) is 0 Å². The van der Waals surface area contributed by atoms with Crippen molar-refractivity contribution in [2.75, 3.05) is 13.1 Å². The Morgan fingerprint density at radius 3 is 1.08 bits per heavy atom. The topological polar surface area (TPSA) is 132 Å². The van der Waals surface area contributed by atoms with Crippen LogP contribution in [0.15, 0.2) is 0 Å². The molecule has 8 heteroatoms. The van der Waals surface area contributed by atoms with E-state index >= 15 is 0 Å². The molecule has 0 unspecified atom stereocenters. The summed E-state index contributed by atoms with van der Waals surface area (Å²) in [6.45, 7) is -0.778. The van der Waals surface area contributed by atoms with Gasteiger partial charge in [-0.2, -0.15) is 0 Å². The molecule has 0 rings (SSSR count). The first-order chi connectivity index (χ1) is 4.54. The Morgan fingerprint density at radius 2 is 1.08 bits per heavy atom. The quantitative estimate of drug-likeness (QED) is 0.488. The van der Waals surface area contributed by atoms with Crippen LogP contribution in [0.25, 0.3) is 0 Å². The number of carboxylic acid groups (broad SMARTS) is 2. The molecule has 4 N–H and O–H groups in total. The summed E-state index contributed by atoms with van der Waals surface area (Å²) in [5, 5.41) is 18.3. The number of hydrogen-bond acceptors (Lipinski definition) is 6. The zero-order chi connectivity index (χ0) is 8.57. The monoisotopic (exact) mass is 275 g/mol. The van der Waals surface area contributed by atoms with E-state index < -0.39 is 11.9 Å². The fourth-order valence-corrected chi connectivity index (χ4v) is 0. The van der Waals surface area contributed by atoms with Gasteiger partial charge >= 0.3 is 36.5 Å². The maximum Gasteiger partial charge on any atom is 2.00 e. The van der Waals surface area contributed by atoms with Crippen molar-refractivity contribution in [1.82, 2.24) is 0 Å². The van der Waals surface area contributed by atoms with Gasteiger partial charge in [0.25, 0.3) is 0 Å². The number of carbonyl (C=O) groups excluding carboxylic acids is 2. The van der Waals surface area contributed by atoms with Crippen LogP contribution in [0, 0.1) is 0 Å². The van der Waals surface area contributed by atoms with Crippen molar-refractivity contribution in [2.24, 2.45) is 11.5 Å². The van der Waals surface area contributed by atoms with Crippen LogP contribution in [0.3, 0.4) is 0 Å². The molecule has 0 aromatic heterocycles. The number of nitrogens with two attached hydrogens (primary N) is 2. The molecule has 0 saturated carbocycles. The van der Waals surface area contributed by atoms with Crippen LogP contribution in [-0.4, -0.2) is 25.0 Å². The third-order valence-electron chi connectivity index (χ3n) is 0.333. The van der Waals surface area contributed by atoms with Crippen LogP contribution in [0.5, 0.6) is 0 Å². The summed E-state index contributed by atoms with van der Waals surface area (Å²) < 4.78 is 0. The number of carbonyl (C=O) groups is 2. The third kappa shape index (κ3) is 50.6. The van der Waals surface area contributed by atoms with Crippen molar-refractivity contribution in [3.8, 4) is 0 Å². The number of rotatable bonds is 2. The zero-order valence-corrected chi connectivity index (χ0v) is 10.1. The molecule has 0 aliphatic rings. The van der Waals surface area contributed by atoms with Gasteiger partial charge in [0.05, 0.1) is 11.9 Å². The SMILES string of the molecule is NCC(=O)[O-].NCC(=O)[O-].[Cu+2].[Zn+2]. The van der Waals surface area contributed by atoms with E-state index in [-0.39, 0.29) is 49.6 Å². The van der Waals surface area contributed by atoms with E-state index in [4.69, 9.17) is 19.8 Å². The van der Waals surface area contributed by atoms with E-state index in [1.54, 1.807) is 0 Å². The minimum Gasteiger partial charge on any atom is -0.549 e. The summed E-state index contributed by atoms with van der Waals surface area (Å²) in [6, 6.07) is 0. The zero-order valence-electron chi connectivity index (χ0n) is 6.21. The Morgan fingerprint density at radius 1 is 1.00 bits per heavy atom. The number of aliphatic carboxylic acids is 2. The molecule has 0 bridgehead atoms. The molecule has 12 heavy (non-hydrogen) atoms. The first-order valence-electron chi connectivity index (χ1n) is 2.34. The molecule has 0 amide bonds. The Hall–Kier alpha value is 0.00286. The Kier molecular flexibility index (Phi) is 32.5.